The summed E-state index contributed by atoms with van der Waals surface area (Å²) < 4.78 is 0. The van der Waals surface area contributed by atoms with Gasteiger partial charge in [-0.2, -0.15) is 0 Å². The molecule has 0 atom stereocenters. The fourth-order valence-corrected chi connectivity index (χ4v) is 2.61. The predicted octanol–water partition coefficient (Wildman–Crippen LogP) is 6.15. The number of allylic oxidation sites excluding steroid dienone is 9. The molecule has 0 heterocycles. The van der Waals surface area contributed by atoms with Gasteiger partial charge in [0, 0.05) is 0 Å². The first-order valence-corrected chi connectivity index (χ1v) is 7.23. The second-order valence-electron chi connectivity index (χ2n) is 6.29. The average molecular weight is 256 g/mol. The van der Waals surface area contributed by atoms with E-state index >= 15 is 0 Å². The quantitative estimate of drug-likeness (QED) is 0.529. The summed E-state index contributed by atoms with van der Waals surface area (Å²) in [4.78, 5) is 0. The highest BCUT2D eigenvalue weighted by Gasteiger charge is 2.26. The Morgan fingerprint density at radius 3 is 2.37 bits per heavy atom. The van der Waals surface area contributed by atoms with Gasteiger partial charge in [-0.3, -0.25) is 0 Å². The van der Waals surface area contributed by atoms with Crippen molar-refractivity contribution in [1.82, 2.24) is 0 Å². The van der Waals surface area contributed by atoms with Gasteiger partial charge >= 0.3 is 0 Å². The van der Waals surface area contributed by atoms with Crippen LogP contribution in [0.4, 0.5) is 0 Å². The smallest absolute Gasteiger partial charge is 0.0104 e. The summed E-state index contributed by atoms with van der Waals surface area (Å²) in [6, 6.07) is 0. The van der Waals surface area contributed by atoms with Crippen molar-refractivity contribution in [3.63, 3.8) is 0 Å². The molecule has 0 aromatic rings. The van der Waals surface area contributed by atoms with E-state index in [0.29, 0.717) is 5.41 Å². The van der Waals surface area contributed by atoms with Gasteiger partial charge in [0.05, 0.1) is 0 Å². The molecule has 0 radical (unpaired) electrons. The summed E-state index contributed by atoms with van der Waals surface area (Å²) >= 11 is 0. The van der Waals surface area contributed by atoms with Gasteiger partial charge in [-0.05, 0) is 51.0 Å². The summed E-state index contributed by atoms with van der Waals surface area (Å²) in [5.74, 6) is 0. The van der Waals surface area contributed by atoms with Crippen molar-refractivity contribution < 1.29 is 0 Å². The third-order valence-corrected chi connectivity index (χ3v) is 3.99. The van der Waals surface area contributed by atoms with E-state index < -0.39 is 0 Å². The minimum atomic E-state index is 0.325. The molecule has 1 aliphatic carbocycles. The van der Waals surface area contributed by atoms with Crippen molar-refractivity contribution in [3.05, 3.63) is 59.3 Å². The minimum Gasteiger partial charge on any atom is -0.0988 e. The van der Waals surface area contributed by atoms with Crippen LogP contribution >= 0.6 is 0 Å². The highest BCUT2D eigenvalue weighted by atomic mass is 14.3. The Labute approximate surface area is 119 Å². The molecular formula is C19H28. The summed E-state index contributed by atoms with van der Waals surface area (Å²) in [6.07, 6.45) is 14.6. The van der Waals surface area contributed by atoms with Crippen LogP contribution < -0.4 is 0 Å². The third-order valence-electron chi connectivity index (χ3n) is 3.99. The summed E-state index contributed by atoms with van der Waals surface area (Å²) in [7, 11) is 0. The van der Waals surface area contributed by atoms with Crippen molar-refractivity contribution in [2.45, 2.75) is 53.9 Å². The Kier molecular flexibility index (Phi) is 5.60. The molecule has 0 amide bonds. The van der Waals surface area contributed by atoms with Crippen LogP contribution in [-0.4, -0.2) is 0 Å². The van der Waals surface area contributed by atoms with E-state index in [4.69, 9.17) is 0 Å². The lowest BCUT2D eigenvalue weighted by Crippen LogP contribution is -2.19. The number of hydrogen-bond donors (Lipinski definition) is 0. The van der Waals surface area contributed by atoms with E-state index in [9.17, 15) is 0 Å². The monoisotopic (exact) mass is 256 g/mol. The Balaban J connectivity index is 2.89. The highest BCUT2D eigenvalue weighted by Crippen LogP contribution is 2.40. The first-order chi connectivity index (χ1) is 8.86. The molecule has 0 heteroatoms. The molecule has 0 aliphatic heterocycles. The molecule has 0 aromatic heterocycles. The van der Waals surface area contributed by atoms with Gasteiger partial charge in [0.15, 0.2) is 0 Å². The molecule has 0 N–H and O–H groups in total. The van der Waals surface area contributed by atoms with E-state index in [2.05, 4.69) is 65.5 Å². The average Bonchev–Trinajstić information content (AvgIpc) is 2.34. The maximum atomic E-state index is 3.76. The summed E-state index contributed by atoms with van der Waals surface area (Å²) in [6.45, 7) is 15.0. The summed E-state index contributed by atoms with van der Waals surface area (Å²) in [5.41, 5.74) is 5.88. The van der Waals surface area contributed by atoms with Crippen LogP contribution in [0, 0.1) is 5.41 Å². The van der Waals surface area contributed by atoms with Crippen molar-refractivity contribution in [1.29, 1.82) is 0 Å². The zero-order valence-electron chi connectivity index (χ0n) is 13.2. The van der Waals surface area contributed by atoms with Gasteiger partial charge in [0.2, 0.25) is 0 Å². The van der Waals surface area contributed by atoms with E-state index in [1.165, 1.54) is 36.0 Å². The highest BCUT2D eigenvalue weighted by molar-refractivity contribution is 5.37. The Morgan fingerprint density at radius 2 is 1.79 bits per heavy atom. The Morgan fingerprint density at radius 1 is 1.16 bits per heavy atom. The van der Waals surface area contributed by atoms with Gasteiger partial charge in [-0.15, -0.1) is 0 Å². The normalized spacial score (nSPS) is 21.1. The largest absolute Gasteiger partial charge is 0.0988 e. The maximum absolute atomic E-state index is 3.76. The second kappa shape index (κ2) is 6.75. The third kappa shape index (κ3) is 4.70. The number of hydrogen-bond acceptors (Lipinski definition) is 0. The Hall–Kier alpha value is -1.30. The number of rotatable bonds is 4. The van der Waals surface area contributed by atoms with Gasteiger partial charge in [-0.25, -0.2) is 0 Å². The first kappa shape index (κ1) is 15.8. The molecule has 19 heavy (non-hydrogen) atoms. The SMILES string of the molecule is C=C/C(C)=C/C=C(C)/C=C/C1=C(C)CCCC1(C)C. The molecule has 104 valence electrons. The van der Waals surface area contributed by atoms with Crippen molar-refractivity contribution >= 4 is 0 Å². The lowest BCUT2D eigenvalue weighted by Gasteiger charge is -2.32. The molecule has 0 nitrogen and oxygen atoms in total. The molecule has 0 bridgehead atoms. The first-order valence-electron chi connectivity index (χ1n) is 7.23. The van der Waals surface area contributed by atoms with Gasteiger partial charge in [0.25, 0.3) is 0 Å². The van der Waals surface area contributed by atoms with E-state index in [0.717, 1.165) is 0 Å². The molecule has 1 aliphatic rings. The Bertz CT molecular complexity index is 450. The molecule has 0 saturated carbocycles. The minimum absolute atomic E-state index is 0.325. The van der Waals surface area contributed by atoms with Crippen LogP contribution in [0.1, 0.15) is 53.9 Å². The fourth-order valence-electron chi connectivity index (χ4n) is 2.61. The summed E-state index contributed by atoms with van der Waals surface area (Å²) in [5, 5.41) is 0. The maximum Gasteiger partial charge on any atom is -0.0104 e. The fraction of sp³-hybridized carbons (Fsp3) is 0.474. The molecule has 0 aromatic carbocycles. The van der Waals surface area contributed by atoms with Crippen LogP contribution in [0.15, 0.2) is 59.3 Å². The lowest BCUT2D eigenvalue weighted by atomic mass is 9.72. The molecule has 0 spiro atoms. The lowest BCUT2D eigenvalue weighted by molar-refractivity contribution is 0.377. The van der Waals surface area contributed by atoms with Crippen molar-refractivity contribution in [2.75, 3.05) is 0 Å². The molecule has 0 fully saturated rings. The standard InChI is InChI=1S/C19H28/c1-7-15(2)10-11-16(3)12-13-18-17(4)9-8-14-19(18,5)6/h7,10-13H,1,8-9,14H2,2-6H3/b13-12+,15-10+,16-11+. The van der Waals surface area contributed by atoms with E-state index in [1.807, 2.05) is 6.08 Å². The van der Waals surface area contributed by atoms with Crippen LogP contribution in [-0.2, 0) is 0 Å². The van der Waals surface area contributed by atoms with Gasteiger partial charge < -0.3 is 0 Å². The molecule has 0 unspecified atom stereocenters. The topological polar surface area (TPSA) is 0 Å². The second-order valence-corrected chi connectivity index (χ2v) is 6.29. The van der Waals surface area contributed by atoms with Crippen molar-refractivity contribution in [3.8, 4) is 0 Å². The zero-order chi connectivity index (χ0) is 14.5. The van der Waals surface area contributed by atoms with Crippen LogP contribution in [0.2, 0.25) is 0 Å². The van der Waals surface area contributed by atoms with E-state index in [1.54, 1.807) is 5.57 Å². The zero-order valence-corrected chi connectivity index (χ0v) is 13.2. The molecule has 0 saturated heterocycles. The molecular weight excluding hydrogens is 228 g/mol. The van der Waals surface area contributed by atoms with Gasteiger partial charge in [0.1, 0.15) is 0 Å². The predicted molar refractivity (Wildman–Crippen MR) is 87.2 cm³/mol. The van der Waals surface area contributed by atoms with Crippen LogP contribution in [0.25, 0.3) is 0 Å². The van der Waals surface area contributed by atoms with Gasteiger partial charge in [-0.1, -0.05) is 67.5 Å². The van der Waals surface area contributed by atoms with E-state index in [-0.39, 0.29) is 0 Å². The van der Waals surface area contributed by atoms with Crippen LogP contribution in [0.3, 0.4) is 0 Å². The van der Waals surface area contributed by atoms with Crippen LogP contribution in [0.5, 0.6) is 0 Å². The van der Waals surface area contributed by atoms with Crippen molar-refractivity contribution in [2.24, 2.45) is 5.41 Å². The molecule has 1 rings (SSSR count).